The summed E-state index contributed by atoms with van der Waals surface area (Å²) in [4.78, 5) is 22.8. The largest absolute Gasteiger partial charge is 0.481 e. The molecule has 0 bridgehead atoms. The Morgan fingerprint density at radius 1 is 1.09 bits per heavy atom. The van der Waals surface area contributed by atoms with Crippen molar-refractivity contribution in [1.82, 2.24) is 0 Å². The molecule has 1 fully saturated rings. The van der Waals surface area contributed by atoms with E-state index in [2.05, 4.69) is 24.3 Å². The van der Waals surface area contributed by atoms with Gasteiger partial charge in [-0.2, -0.15) is 0 Å². The van der Waals surface area contributed by atoms with Crippen LogP contribution in [-0.4, -0.2) is 39.3 Å². The molecule has 0 heterocycles. The van der Waals surface area contributed by atoms with Gasteiger partial charge in [-0.3, -0.25) is 9.59 Å². The predicted molar refractivity (Wildman–Crippen MR) is 124 cm³/mol. The van der Waals surface area contributed by atoms with Crippen LogP contribution < -0.4 is 0 Å². The van der Waals surface area contributed by atoms with Crippen LogP contribution in [0.2, 0.25) is 0 Å². The van der Waals surface area contributed by atoms with Crippen LogP contribution >= 0.6 is 0 Å². The molecule has 2 aliphatic carbocycles. The predicted octanol–water partition coefficient (Wildman–Crippen LogP) is 4.26. The van der Waals surface area contributed by atoms with E-state index in [1.807, 2.05) is 18.2 Å². The van der Waals surface area contributed by atoms with Gasteiger partial charge in [-0.25, -0.2) is 0 Å². The lowest BCUT2D eigenvalue weighted by atomic mass is 9.90. The van der Waals surface area contributed by atoms with Gasteiger partial charge in [0, 0.05) is 24.7 Å². The zero-order chi connectivity index (χ0) is 22.9. The Balaban J connectivity index is 1.40. The maximum absolute atomic E-state index is 12.3. The summed E-state index contributed by atoms with van der Waals surface area (Å²) in [5.74, 6) is -0.641. The van der Waals surface area contributed by atoms with Crippen molar-refractivity contribution in [2.24, 2.45) is 17.8 Å². The number of carboxylic acid groups (broad SMARTS) is 1. The van der Waals surface area contributed by atoms with Crippen molar-refractivity contribution in [3.8, 4) is 0 Å². The van der Waals surface area contributed by atoms with Gasteiger partial charge in [-0.1, -0.05) is 55.0 Å². The zero-order valence-electron chi connectivity index (χ0n) is 18.7. The highest BCUT2D eigenvalue weighted by Crippen LogP contribution is 2.34. The minimum atomic E-state index is -0.801. The molecular weight excluding hydrogens is 404 g/mol. The fourth-order valence-electron chi connectivity index (χ4n) is 5.08. The second kappa shape index (κ2) is 12.1. The monoisotopic (exact) mass is 440 g/mol. The smallest absolute Gasteiger partial charge is 0.303 e. The Morgan fingerprint density at radius 3 is 2.50 bits per heavy atom. The van der Waals surface area contributed by atoms with Crippen molar-refractivity contribution in [3.63, 3.8) is 0 Å². The van der Waals surface area contributed by atoms with Crippen molar-refractivity contribution >= 4 is 11.8 Å². The highest BCUT2D eigenvalue weighted by molar-refractivity contribution is 5.84. The number of ketones is 1. The standard InChI is InChI=1S/C27H36O5/c28-22(11-7-8-19-16-20-9-5-6-10-21(20)17-19)14-15-24-23(25(29)18-26(24)30)12-3-1-2-4-13-27(31)32/h1,3,5-6,9-10,14-15,19,22-24,26,28,30H,2,4,7-8,11-13,16-18H2,(H,31,32)/t22?,23-,24-,26-/m1/s1. The van der Waals surface area contributed by atoms with Crippen LogP contribution in [0.15, 0.2) is 48.6 Å². The van der Waals surface area contributed by atoms with Crippen molar-refractivity contribution in [1.29, 1.82) is 0 Å². The topological polar surface area (TPSA) is 94.8 Å². The van der Waals surface area contributed by atoms with Gasteiger partial charge in [-0.05, 0) is 62.0 Å². The van der Waals surface area contributed by atoms with E-state index in [4.69, 9.17) is 5.11 Å². The number of unbranched alkanes of at least 4 members (excludes halogenated alkanes) is 1. The lowest BCUT2D eigenvalue weighted by Gasteiger charge is -2.17. The van der Waals surface area contributed by atoms with E-state index in [0.29, 0.717) is 31.6 Å². The summed E-state index contributed by atoms with van der Waals surface area (Å²) in [5, 5.41) is 29.4. The summed E-state index contributed by atoms with van der Waals surface area (Å²) in [6.07, 6.45) is 13.2. The van der Waals surface area contributed by atoms with E-state index < -0.39 is 18.2 Å². The van der Waals surface area contributed by atoms with E-state index >= 15 is 0 Å². The third-order valence-corrected chi connectivity index (χ3v) is 6.85. The minimum absolute atomic E-state index is 0.0534. The fraction of sp³-hybridized carbons (Fsp3) is 0.556. The van der Waals surface area contributed by atoms with Crippen molar-refractivity contribution in [3.05, 3.63) is 59.7 Å². The highest BCUT2D eigenvalue weighted by atomic mass is 16.4. The third kappa shape index (κ3) is 7.14. The first-order valence-corrected chi connectivity index (χ1v) is 11.9. The summed E-state index contributed by atoms with van der Waals surface area (Å²) in [6, 6.07) is 8.62. The molecule has 0 aromatic heterocycles. The normalized spacial score (nSPS) is 24.6. The number of aliphatic hydroxyl groups is 2. The van der Waals surface area contributed by atoms with Gasteiger partial charge in [0.05, 0.1) is 12.2 Å². The molecule has 174 valence electrons. The average Bonchev–Trinajstić information content (AvgIpc) is 3.28. The van der Waals surface area contributed by atoms with Crippen LogP contribution in [0.25, 0.3) is 0 Å². The number of hydrogen-bond donors (Lipinski definition) is 3. The first kappa shape index (κ1) is 24.4. The molecular formula is C27H36O5. The van der Waals surface area contributed by atoms with E-state index in [1.165, 1.54) is 11.1 Å². The number of carboxylic acids is 1. The molecule has 1 aromatic rings. The number of aliphatic hydroxyl groups excluding tert-OH is 2. The zero-order valence-corrected chi connectivity index (χ0v) is 18.7. The van der Waals surface area contributed by atoms with Crippen LogP contribution in [-0.2, 0) is 22.4 Å². The van der Waals surface area contributed by atoms with Crippen LogP contribution in [0.5, 0.6) is 0 Å². The molecule has 0 saturated heterocycles. The third-order valence-electron chi connectivity index (χ3n) is 6.85. The van der Waals surface area contributed by atoms with Gasteiger partial charge in [-0.15, -0.1) is 0 Å². The van der Waals surface area contributed by atoms with Crippen molar-refractivity contribution in [2.45, 2.75) is 76.4 Å². The van der Waals surface area contributed by atoms with Crippen LogP contribution in [0.4, 0.5) is 0 Å². The number of Topliss-reactive ketones (excluding diaryl/α,β-unsaturated/α-hetero) is 1. The first-order valence-electron chi connectivity index (χ1n) is 11.9. The molecule has 0 aliphatic heterocycles. The Hall–Kier alpha value is -2.24. The highest BCUT2D eigenvalue weighted by Gasteiger charge is 2.39. The minimum Gasteiger partial charge on any atom is -0.481 e. The van der Waals surface area contributed by atoms with E-state index in [9.17, 15) is 19.8 Å². The molecule has 0 spiro atoms. The van der Waals surface area contributed by atoms with E-state index in [0.717, 1.165) is 25.7 Å². The first-order chi connectivity index (χ1) is 15.4. The number of aliphatic carboxylic acids is 1. The van der Waals surface area contributed by atoms with Gasteiger partial charge in [0.2, 0.25) is 0 Å². The van der Waals surface area contributed by atoms with E-state index in [1.54, 1.807) is 6.08 Å². The molecule has 4 atom stereocenters. The molecule has 3 rings (SSSR count). The Kier molecular flexibility index (Phi) is 9.24. The van der Waals surface area contributed by atoms with Crippen LogP contribution in [0.3, 0.4) is 0 Å². The Labute approximate surface area is 190 Å². The molecule has 0 amide bonds. The second-order valence-corrected chi connectivity index (χ2v) is 9.34. The van der Waals surface area contributed by atoms with E-state index in [-0.39, 0.29) is 30.5 Å². The van der Waals surface area contributed by atoms with Gasteiger partial charge in [0.25, 0.3) is 0 Å². The average molecular weight is 441 g/mol. The molecule has 2 aliphatic rings. The number of carbonyl (C=O) groups is 2. The van der Waals surface area contributed by atoms with Gasteiger partial charge >= 0.3 is 5.97 Å². The number of fused-ring (bicyclic) bond motifs is 1. The molecule has 0 radical (unpaired) electrons. The number of carbonyl (C=O) groups excluding carboxylic acids is 1. The SMILES string of the molecule is O=C(O)CCCC=CC[C@H]1C(=O)C[C@@H](O)[C@@H]1C=CC(O)CCCC1Cc2ccccc2C1. The Bertz CT molecular complexity index is 802. The molecule has 1 unspecified atom stereocenters. The molecule has 32 heavy (non-hydrogen) atoms. The molecule has 5 heteroatoms. The van der Waals surface area contributed by atoms with Crippen LogP contribution in [0, 0.1) is 17.8 Å². The van der Waals surface area contributed by atoms with Gasteiger partial charge < -0.3 is 15.3 Å². The summed E-state index contributed by atoms with van der Waals surface area (Å²) < 4.78 is 0. The molecule has 3 N–H and O–H groups in total. The number of hydrogen-bond acceptors (Lipinski definition) is 4. The lowest BCUT2D eigenvalue weighted by Crippen LogP contribution is -2.18. The molecule has 5 nitrogen and oxygen atoms in total. The quantitative estimate of drug-likeness (QED) is 0.334. The lowest BCUT2D eigenvalue weighted by molar-refractivity contribution is -0.137. The fourth-order valence-corrected chi connectivity index (χ4v) is 5.08. The maximum Gasteiger partial charge on any atom is 0.303 e. The maximum atomic E-state index is 12.3. The summed E-state index contributed by atoms with van der Waals surface area (Å²) in [5.41, 5.74) is 2.92. The summed E-state index contributed by atoms with van der Waals surface area (Å²) >= 11 is 0. The summed E-state index contributed by atoms with van der Waals surface area (Å²) in [6.45, 7) is 0. The Morgan fingerprint density at radius 2 is 1.81 bits per heavy atom. The number of benzene rings is 1. The van der Waals surface area contributed by atoms with Gasteiger partial charge in [0.15, 0.2) is 0 Å². The molecule has 1 saturated carbocycles. The number of rotatable bonds is 12. The summed E-state index contributed by atoms with van der Waals surface area (Å²) in [7, 11) is 0. The van der Waals surface area contributed by atoms with Crippen LogP contribution in [0.1, 0.15) is 62.5 Å². The van der Waals surface area contributed by atoms with Gasteiger partial charge in [0.1, 0.15) is 5.78 Å². The molecule has 1 aromatic carbocycles. The number of allylic oxidation sites excluding steroid dienone is 2. The van der Waals surface area contributed by atoms with Crippen molar-refractivity contribution in [2.75, 3.05) is 0 Å². The second-order valence-electron chi connectivity index (χ2n) is 9.34. The van der Waals surface area contributed by atoms with Crippen molar-refractivity contribution < 1.29 is 24.9 Å².